The summed E-state index contributed by atoms with van der Waals surface area (Å²) < 4.78 is 58.5. The summed E-state index contributed by atoms with van der Waals surface area (Å²) in [5, 5.41) is 2.74. The average molecular weight is 524 g/mol. The third kappa shape index (κ3) is 6.74. The van der Waals surface area contributed by atoms with Gasteiger partial charge in [-0.3, -0.25) is 9.10 Å². The minimum atomic E-state index is -3.69. The molecule has 1 aliphatic heterocycles. The van der Waals surface area contributed by atoms with Crippen molar-refractivity contribution in [3.05, 3.63) is 54.1 Å². The molecule has 0 bridgehead atoms. The first kappa shape index (κ1) is 27.0. The number of hydrogen-bond acceptors (Lipinski definition) is 6. The predicted octanol–water partition coefficient (Wildman–Crippen LogP) is 2.52. The normalized spacial score (nSPS) is 15.5. The van der Waals surface area contributed by atoms with Gasteiger partial charge in [-0.2, -0.15) is 4.31 Å². The number of amides is 1. The van der Waals surface area contributed by atoms with Crippen LogP contribution in [0, 0.1) is 6.92 Å². The molecule has 1 amide bonds. The van der Waals surface area contributed by atoms with Gasteiger partial charge in [0.05, 0.1) is 23.4 Å². The van der Waals surface area contributed by atoms with E-state index in [9.17, 15) is 21.6 Å². The van der Waals surface area contributed by atoms with Crippen LogP contribution in [0.25, 0.3) is 0 Å². The Hall–Kier alpha value is -2.63. The fraction of sp³-hybridized carbons (Fsp3) is 0.458. The molecule has 0 aliphatic carbocycles. The van der Waals surface area contributed by atoms with Gasteiger partial charge in [0.2, 0.25) is 26.0 Å². The van der Waals surface area contributed by atoms with Crippen LogP contribution in [0.3, 0.4) is 0 Å². The maximum atomic E-state index is 12.9. The van der Waals surface area contributed by atoms with E-state index in [-0.39, 0.29) is 18.0 Å². The van der Waals surface area contributed by atoms with Crippen LogP contribution in [-0.2, 0) is 24.8 Å². The highest BCUT2D eigenvalue weighted by Crippen LogP contribution is 2.24. The first-order valence-electron chi connectivity index (χ1n) is 11.6. The van der Waals surface area contributed by atoms with Crippen LogP contribution in [0.5, 0.6) is 5.75 Å². The summed E-state index contributed by atoms with van der Waals surface area (Å²) >= 11 is 0. The molecule has 1 aliphatic rings. The van der Waals surface area contributed by atoms with Crippen molar-refractivity contribution in [1.82, 2.24) is 9.62 Å². The van der Waals surface area contributed by atoms with Crippen molar-refractivity contribution in [3.63, 3.8) is 0 Å². The highest BCUT2D eigenvalue weighted by molar-refractivity contribution is 7.92. The first-order valence-corrected chi connectivity index (χ1v) is 14.9. The van der Waals surface area contributed by atoms with Gasteiger partial charge in [0.25, 0.3) is 0 Å². The quantitative estimate of drug-likeness (QED) is 0.453. The minimum absolute atomic E-state index is 0.143. The average Bonchev–Trinajstić information content (AvgIpc) is 3.36. The highest BCUT2D eigenvalue weighted by Gasteiger charge is 2.31. The molecule has 1 heterocycles. The van der Waals surface area contributed by atoms with E-state index in [1.54, 1.807) is 43.3 Å². The maximum absolute atomic E-state index is 12.9. The molecule has 192 valence electrons. The Balaban J connectivity index is 1.57. The highest BCUT2D eigenvalue weighted by atomic mass is 32.2. The lowest BCUT2D eigenvalue weighted by Gasteiger charge is -2.30. The third-order valence-corrected chi connectivity index (χ3v) is 8.91. The summed E-state index contributed by atoms with van der Waals surface area (Å²) in [5.74, 6) is 0.0539. The molecule has 2 aromatic carbocycles. The van der Waals surface area contributed by atoms with Crippen molar-refractivity contribution >= 4 is 31.6 Å². The van der Waals surface area contributed by atoms with Gasteiger partial charge in [-0.15, -0.1) is 0 Å². The van der Waals surface area contributed by atoms with Crippen molar-refractivity contribution in [1.29, 1.82) is 0 Å². The van der Waals surface area contributed by atoms with Crippen LogP contribution in [0.15, 0.2) is 53.4 Å². The van der Waals surface area contributed by atoms with Crippen molar-refractivity contribution in [3.8, 4) is 5.75 Å². The monoisotopic (exact) mass is 523 g/mol. The van der Waals surface area contributed by atoms with Gasteiger partial charge in [0.1, 0.15) is 18.4 Å². The van der Waals surface area contributed by atoms with E-state index in [4.69, 9.17) is 4.74 Å². The minimum Gasteiger partial charge on any atom is -0.492 e. The zero-order valence-electron chi connectivity index (χ0n) is 20.3. The molecule has 0 radical (unpaired) electrons. The number of benzene rings is 2. The second-order valence-corrected chi connectivity index (χ2v) is 12.3. The number of sulfonamides is 2. The van der Waals surface area contributed by atoms with E-state index >= 15 is 0 Å². The van der Waals surface area contributed by atoms with Gasteiger partial charge in [0, 0.05) is 13.1 Å². The molecule has 0 saturated carbocycles. The molecular weight excluding hydrogens is 490 g/mol. The lowest BCUT2D eigenvalue weighted by molar-refractivity contribution is -0.122. The lowest BCUT2D eigenvalue weighted by atomic mass is 10.1. The van der Waals surface area contributed by atoms with Gasteiger partial charge in [0.15, 0.2) is 0 Å². The summed E-state index contributed by atoms with van der Waals surface area (Å²) in [6, 6.07) is 12.3. The molecule has 1 atom stereocenters. The van der Waals surface area contributed by atoms with Crippen LogP contribution in [-0.4, -0.2) is 65.6 Å². The van der Waals surface area contributed by atoms with Crippen molar-refractivity contribution in [2.75, 3.05) is 36.8 Å². The van der Waals surface area contributed by atoms with Crippen molar-refractivity contribution in [2.45, 2.75) is 44.0 Å². The number of rotatable bonds is 11. The van der Waals surface area contributed by atoms with Crippen molar-refractivity contribution < 1.29 is 26.4 Å². The zero-order chi connectivity index (χ0) is 25.6. The maximum Gasteiger partial charge on any atom is 0.244 e. The molecule has 9 nitrogen and oxygen atoms in total. The molecule has 0 spiro atoms. The standard InChI is InChI=1S/C24H33N3O6S2/c1-4-23(27(34(3,29)30)20-9-7-19(2)8-10-20)24(28)25-15-18-33-21-11-13-22(14-12-21)35(31,32)26-16-5-6-17-26/h7-14,23H,4-6,15-18H2,1-3H3,(H,25,28). The predicted molar refractivity (Wildman–Crippen MR) is 136 cm³/mol. The Labute approximate surface area is 208 Å². The SMILES string of the molecule is CCC(C(=O)NCCOc1ccc(S(=O)(=O)N2CCCC2)cc1)N(c1ccc(C)cc1)S(C)(=O)=O. The number of anilines is 1. The first-order chi connectivity index (χ1) is 16.5. The Morgan fingerprint density at radius 3 is 2.17 bits per heavy atom. The molecule has 11 heteroatoms. The topological polar surface area (TPSA) is 113 Å². The van der Waals surface area contributed by atoms with E-state index in [2.05, 4.69) is 5.32 Å². The van der Waals surface area contributed by atoms with E-state index in [0.717, 1.165) is 29.0 Å². The molecule has 1 saturated heterocycles. The van der Waals surface area contributed by atoms with Gasteiger partial charge in [-0.1, -0.05) is 24.6 Å². The summed E-state index contributed by atoms with van der Waals surface area (Å²) in [7, 11) is -7.18. The van der Waals surface area contributed by atoms with Crippen LogP contribution >= 0.6 is 0 Å². The van der Waals surface area contributed by atoms with Gasteiger partial charge in [-0.25, -0.2) is 16.8 Å². The Bertz CT molecular complexity index is 1210. The Morgan fingerprint density at radius 2 is 1.63 bits per heavy atom. The number of hydrogen-bond donors (Lipinski definition) is 1. The number of nitrogens with zero attached hydrogens (tertiary/aromatic N) is 2. The van der Waals surface area contributed by atoms with Crippen molar-refractivity contribution in [2.24, 2.45) is 0 Å². The molecule has 3 rings (SSSR count). The van der Waals surface area contributed by atoms with E-state index in [1.807, 2.05) is 6.92 Å². The number of aryl methyl sites for hydroxylation is 1. The van der Waals surface area contributed by atoms with Gasteiger partial charge < -0.3 is 10.1 Å². The van der Waals surface area contributed by atoms with Gasteiger partial charge in [-0.05, 0) is 62.6 Å². The third-order valence-electron chi connectivity index (χ3n) is 5.81. The zero-order valence-corrected chi connectivity index (χ0v) is 21.9. The van der Waals surface area contributed by atoms with Crippen LogP contribution in [0.2, 0.25) is 0 Å². The number of carbonyl (C=O) groups is 1. The van der Waals surface area contributed by atoms with Crippen LogP contribution < -0.4 is 14.4 Å². The fourth-order valence-electron chi connectivity index (χ4n) is 4.00. The number of nitrogens with one attached hydrogen (secondary N) is 1. The number of ether oxygens (including phenoxy) is 1. The molecule has 1 unspecified atom stereocenters. The Morgan fingerprint density at radius 1 is 1.03 bits per heavy atom. The largest absolute Gasteiger partial charge is 0.492 e. The number of carbonyl (C=O) groups excluding carboxylic acids is 1. The molecule has 1 fully saturated rings. The summed E-state index contributed by atoms with van der Waals surface area (Å²) in [6.07, 6.45) is 3.12. The Kier molecular flexibility index (Phi) is 8.79. The van der Waals surface area contributed by atoms with Crippen LogP contribution in [0.1, 0.15) is 31.7 Å². The van der Waals surface area contributed by atoms with E-state index in [0.29, 0.717) is 30.9 Å². The lowest BCUT2D eigenvalue weighted by Crippen LogP contribution is -2.50. The molecule has 0 aromatic heterocycles. The second kappa shape index (κ2) is 11.4. The van der Waals surface area contributed by atoms with Gasteiger partial charge >= 0.3 is 0 Å². The van der Waals surface area contributed by atoms with Crippen LogP contribution in [0.4, 0.5) is 5.69 Å². The molecular formula is C24H33N3O6S2. The summed E-state index contributed by atoms with van der Waals surface area (Å²) in [4.78, 5) is 13.1. The second-order valence-electron chi connectivity index (χ2n) is 8.54. The smallest absolute Gasteiger partial charge is 0.244 e. The summed E-state index contributed by atoms with van der Waals surface area (Å²) in [5.41, 5.74) is 1.42. The molecule has 1 N–H and O–H groups in total. The van der Waals surface area contributed by atoms with E-state index in [1.165, 1.54) is 16.4 Å². The fourth-order valence-corrected chi connectivity index (χ4v) is 6.73. The summed E-state index contributed by atoms with van der Waals surface area (Å²) in [6.45, 7) is 5.04. The molecule has 35 heavy (non-hydrogen) atoms. The van der Waals surface area contributed by atoms with E-state index < -0.39 is 32.0 Å². The molecule has 2 aromatic rings.